The maximum atomic E-state index is 12.6. The predicted octanol–water partition coefficient (Wildman–Crippen LogP) is 4.01. The summed E-state index contributed by atoms with van der Waals surface area (Å²) in [7, 11) is 3.63. The maximum absolute atomic E-state index is 12.6. The van der Waals surface area contributed by atoms with Gasteiger partial charge in [0.2, 0.25) is 0 Å². The number of alkyl halides is 3. The van der Waals surface area contributed by atoms with Gasteiger partial charge in [0.1, 0.15) is 0 Å². The fourth-order valence-corrected chi connectivity index (χ4v) is 3.08. The molecular formula is C20H29F3IN5. The predicted molar refractivity (Wildman–Crippen MR) is 121 cm³/mol. The summed E-state index contributed by atoms with van der Waals surface area (Å²) in [6, 6.07) is 5.40. The van der Waals surface area contributed by atoms with Crippen molar-refractivity contribution in [3.63, 3.8) is 0 Å². The Labute approximate surface area is 187 Å². The van der Waals surface area contributed by atoms with Gasteiger partial charge >= 0.3 is 6.18 Å². The molecule has 0 aliphatic heterocycles. The summed E-state index contributed by atoms with van der Waals surface area (Å²) >= 11 is 0. The third kappa shape index (κ3) is 7.20. The molecule has 0 amide bonds. The monoisotopic (exact) mass is 523 g/mol. The molecule has 1 heterocycles. The highest BCUT2D eigenvalue weighted by molar-refractivity contribution is 14.0. The Kier molecular flexibility index (Phi) is 9.44. The number of hydrogen-bond acceptors (Lipinski definition) is 2. The number of aryl methyl sites for hydroxylation is 2. The molecule has 0 saturated carbocycles. The molecule has 0 aliphatic carbocycles. The molecule has 162 valence electrons. The van der Waals surface area contributed by atoms with E-state index < -0.39 is 11.7 Å². The fraction of sp³-hybridized carbons (Fsp3) is 0.500. The van der Waals surface area contributed by atoms with Crippen LogP contribution in [0.5, 0.6) is 0 Å². The molecule has 9 heteroatoms. The summed E-state index contributed by atoms with van der Waals surface area (Å²) in [5.41, 5.74) is 3.61. The number of guanidine groups is 1. The van der Waals surface area contributed by atoms with Gasteiger partial charge in [-0.05, 0) is 56.9 Å². The zero-order chi connectivity index (χ0) is 20.9. The lowest BCUT2D eigenvalue weighted by atomic mass is 10.1. The van der Waals surface area contributed by atoms with Crippen LogP contribution in [-0.4, -0.2) is 35.4 Å². The van der Waals surface area contributed by atoms with Crippen molar-refractivity contribution in [3.05, 3.63) is 52.3 Å². The Morgan fingerprint density at radius 2 is 1.83 bits per heavy atom. The molecule has 0 bridgehead atoms. The molecular weight excluding hydrogens is 494 g/mol. The number of aliphatic imine (C=N–C) groups is 1. The van der Waals surface area contributed by atoms with E-state index in [4.69, 9.17) is 0 Å². The van der Waals surface area contributed by atoms with E-state index in [1.54, 1.807) is 7.05 Å². The number of nitrogens with one attached hydrogen (secondary N) is 2. The molecule has 0 saturated heterocycles. The molecule has 2 rings (SSSR count). The van der Waals surface area contributed by atoms with Crippen LogP contribution in [0.25, 0.3) is 0 Å². The van der Waals surface area contributed by atoms with Gasteiger partial charge in [0.25, 0.3) is 0 Å². The quantitative estimate of drug-likeness (QED) is 0.342. The first-order chi connectivity index (χ1) is 13.1. The number of halogens is 4. The minimum atomic E-state index is -4.30. The molecule has 2 N–H and O–H groups in total. The third-order valence-corrected chi connectivity index (χ3v) is 4.76. The van der Waals surface area contributed by atoms with Gasteiger partial charge < -0.3 is 10.6 Å². The Hall–Kier alpha value is -1.78. The molecule has 1 aromatic carbocycles. The van der Waals surface area contributed by atoms with Gasteiger partial charge in [-0.25, -0.2) is 0 Å². The molecule has 0 radical (unpaired) electrons. The number of hydrogen-bond donors (Lipinski definition) is 2. The van der Waals surface area contributed by atoms with Crippen LogP contribution in [0.15, 0.2) is 29.3 Å². The van der Waals surface area contributed by atoms with Gasteiger partial charge in [-0.2, -0.15) is 18.3 Å². The van der Waals surface area contributed by atoms with Gasteiger partial charge in [-0.1, -0.05) is 12.1 Å². The SMILES string of the molecule is CN=C(NCCc1ccc(C(F)(F)F)cc1)NC(C)Cc1c(C)nn(C)c1C.I. The van der Waals surface area contributed by atoms with Crippen LogP contribution in [0.3, 0.4) is 0 Å². The van der Waals surface area contributed by atoms with Crippen molar-refractivity contribution in [1.82, 2.24) is 20.4 Å². The Morgan fingerprint density at radius 3 is 2.31 bits per heavy atom. The Morgan fingerprint density at radius 1 is 1.21 bits per heavy atom. The van der Waals surface area contributed by atoms with Crippen molar-refractivity contribution in [2.45, 2.75) is 45.8 Å². The molecule has 0 spiro atoms. The first-order valence-electron chi connectivity index (χ1n) is 9.24. The van der Waals surface area contributed by atoms with Crippen molar-refractivity contribution in [3.8, 4) is 0 Å². The minimum Gasteiger partial charge on any atom is -0.356 e. The summed E-state index contributed by atoms with van der Waals surface area (Å²) < 4.78 is 39.7. The standard InChI is InChI=1S/C20H28F3N5.HI/c1-13(12-18-14(2)27-28(5)15(18)3)26-19(24-4)25-11-10-16-6-8-17(9-7-16)20(21,22)23;/h6-9,13H,10-12H2,1-5H3,(H2,24,25,26);1H. The molecule has 2 aromatic rings. The van der Waals surface area contributed by atoms with Gasteiger partial charge in [-0.3, -0.25) is 9.67 Å². The Balaban J connectivity index is 0.00000420. The molecule has 5 nitrogen and oxygen atoms in total. The van der Waals surface area contributed by atoms with Crippen LogP contribution in [0.4, 0.5) is 13.2 Å². The number of rotatable bonds is 6. The smallest absolute Gasteiger partial charge is 0.356 e. The largest absolute Gasteiger partial charge is 0.416 e. The molecule has 1 atom stereocenters. The number of benzene rings is 1. The molecule has 29 heavy (non-hydrogen) atoms. The maximum Gasteiger partial charge on any atom is 0.416 e. The molecule has 1 aromatic heterocycles. The van der Waals surface area contributed by atoms with E-state index in [0.717, 1.165) is 35.5 Å². The average Bonchev–Trinajstić information content (AvgIpc) is 2.86. The number of nitrogens with zero attached hydrogens (tertiary/aromatic N) is 3. The van der Waals surface area contributed by atoms with E-state index in [0.29, 0.717) is 18.9 Å². The lowest BCUT2D eigenvalue weighted by Gasteiger charge is -2.18. The van der Waals surface area contributed by atoms with E-state index >= 15 is 0 Å². The average molecular weight is 523 g/mol. The second kappa shape index (κ2) is 10.8. The van der Waals surface area contributed by atoms with Crippen LogP contribution in [-0.2, 0) is 26.1 Å². The van der Waals surface area contributed by atoms with E-state index in [1.807, 2.05) is 18.7 Å². The second-order valence-electron chi connectivity index (χ2n) is 6.97. The van der Waals surface area contributed by atoms with Crippen molar-refractivity contribution in [2.75, 3.05) is 13.6 Å². The van der Waals surface area contributed by atoms with Crippen molar-refractivity contribution >= 4 is 29.9 Å². The van der Waals surface area contributed by atoms with Crippen LogP contribution in [0, 0.1) is 13.8 Å². The highest BCUT2D eigenvalue weighted by Gasteiger charge is 2.29. The first kappa shape index (κ1) is 25.3. The topological polar surface area (TPSA) is 54.2 Å². The van der Waals surface area contributed by atoms with Gasteiger partial charge in [0.15, 0.2) is 5.96 Å². The minimum absolute atomic E-state index is 0. The summed E-state index contributed by atoms with van der Waals surface area (Å²) in [6.07, 6.45) is -2.87. The summed E-state index contributed by atoms with van der Waals surface area (Å²) in [6.45, 7) is 6.71. The first-order valence-corrected chi connectivity index (χ1v) is 9.24. The Bertz CT molecular complexity index is 813. The van der Waals surface area contributed by atoms with Crippen LogP contribution >= 0.6 is 24.0 Å². The highest BCUT2D eigenvalue weighted by Crippen LogP contribution is 2.29. The van der Waals surface area contributed by atoms with E-state index in [1.165, 1.54) is 17.7 Å². The van der Waals surface area contributed by atoms with E-state index in [-0.39, 0.29) is 30.0 Å². The number of aromatic nitrogens is 2. The van der Waals surface area contributed by atoms with E-state index in [2.05, 4.69) is 34.6 Å². The summed E-state index contributed by atoms with van der Waals surface area (Å²) in [4.78, 5) is 4.22. The van der Waals surface area contributed by atoms with Crippen molar-refractivity contribution in [2.24, 2.45) is 12.0 Å². The van der Waals surface area contributed by atoms with Crippen molar-refractivity contribution < 1.29 is 13.2 Å². The van der Waals surface area contributed by atoms with Gasteiger partial charge in [0.05, 0.1) is 11.3 Å². The zero-order valence-corrected chi connectivity index (χ0v) is 19.7. The van der Waals surface area contributed by atoms with E-state index in [9.17, 15) is 13.2 Å². The van der Waals surface area contributed by atoms with Crippen LogP contribution < -0.4 is 10.6 Å². The lowest BCUT2D eigenvalue weighted by Crippen LogP contribution is -2.43. The van der Waals surface area contributed by atoms with Crippen molar-refractivity contribution in [1.29, 1.82) is 0 Å². The summed E-state index contributed by atoms with van der Waals surface area (Å²) in [5, 5.41) is 11.0. The van der Waals surface area contributed by atoms with Crippen LogP contribution in [0.2, 0.25) is 0 Å². The van der Waals surface area contributed by atoms with Crippen LogP contribution in [0.1, 0.15) is 35.0 Å². The highest BCUT2D eigenvalue weighted by atomic mass is 127. The second-order valence-corrected chi connectivity index (χ2v) is 6.97. The lowest BCUT2D eigenvalue weighted by molar-refractivity contribution is -0.137. The normalized spacial score (nSPS) is 13.0. The molecule has 1 unspecified atom stereocenters. The molecule has 0 fully saturated rings. The zero-order valence-electron chi connectivity index (χ0n) is 17.4. The van der Waals surface area contributed by atoms with Gasteiger partial charge in [0, 0.05) is 32.4 Å². The summed E-state index contributed by atoms with van der Waals surface area (Å²) in [5.74, 6) is 0.665. The fourth-order valence-electron chi connectivity index (χ4n) is 3.08. The van der Waals surface area contributed by atoms with Gasteiger partial charge in [-0.15, -0.1) is 24.0 Å². The third-order valence-electron chi connectivity index (χ3n) is 4.76. The molecule has 0 aliphatic rings.